The topological polar surface area (TPSA) is 95.7 Å². The summed E-state index contributed by atoms with van der Waals surface area (Å²) < 4.78 is 0. The van der Waals surface area contributed by atoms with Gasteiger partial charge in [0.05, 0.1) is 11.0 Å². The van der Waals surface area contributed by atoms with Crippen LogP contribution in [0.25, 0.3) is 0 Å². The van der Waals surface area contributed by atoms with E-state index in [0.29, 0.717) is 12.0 Å². The molecule has 2 rings (SSSR count). The summed E-state index contributed by atoms with van der Waals surface area (Å²) in [5, 5.41) is 22.2. The third-order valence-corrected chi connectivity index (χ3v) is 3.71. The fourth-order valence-corrected chi connectivity index (χ4v) is 2.64. The van der Waals surface area contributed by atoms with E-state index < -0.39 is 17.1 Å². The number of likely N-dealkylation sites (tertiary alicyclic amines) is 1. The van der Waals surface area contributed by atoms with E-state index in [0.717, 1.165) is 19.6 Å². The second-order valence-corrected chi connectivity index (χ2v) is 5.19. The number of benzene rings is 1. The van der Waals surface area contributed by atoms with Crippen molar-refractivity contribution in [1.82, 2.24) is 10.2 Å². The lowest BCUT2D eigenvalue weighted by Gasteiger charge is -2.21. The maximum Gasteiger partial charge on any atom is 0.405 e. The molecule has 1 aliphatic rings. The van der Waals surface area contributed by atoms with Crippen LogP contribution in [0.5, 0.6) is 0 Å². The fraction of sp³-hybridized carbons (Fsp3) is 0.500. The highest BCUT2D eigenvalue weighted by molar-refractivity contribution is 5.65. The lowest BCUT2D eigenvalue weighted by Crippen LogP contribution is -2.31. The van der Waals surface area contributed by atoms with Gasteiger partial charge in [-0.25, -0.2) is 4.79 Å². The van der Waals surface area contributed by atoms with E-state index >= 15 is 0 Å². The van der Waals surface area contributed by atoms with Crippen LogP contribution in [0.2, 0.25) is 0 Å². The number of carboxylic acid groups (broad SMARTS) is 1. The maximum absolute atomic E-state index is 10.9. The Bertz CT molecular complexity index is 515. The molecule has 0 radical (unpaired) electrons. The number of nitro benzene ring substituents is 1. The number of non-ortho nitro benzene ring substituents is 1. The molecule has 1 aliphatic heterocycles. The maximum atomic E-state index is 10.9. The van der Waals surface area contributed by atoms with Crippen LogP contribution >= 0.6 is 0 Å². The van der Waals surface area contributed by atoms with Crippen LogP contribution in [0.1, 0.15) is 30.9 Å². The first kappa shape index (κ1) is 15.2. The van der Waals surface area contributed by atoms with E-state index in [9.17, 15) is 14.9 Å². The number of nitrogens with one attached hydrogen (secondary N) is 1. The van der Waals surface area contributed by atoms with Crippen LogP contribution in [-0.4, -0.2) is 40.7 Å². The Morgan fingerprint density at radius 2 is 2.14 bits per heavy atom. The van der Waals surface area contributed by atoms with E-state index in [1.54, 1.807) is 12.1 Å². The zero-order chi connectivity index (χ0) is 15.2. The Kier molecular flexibility index (Phi) is 5.10. The molecule has 1 aromatic carbocycles. The Labute approximate surface area is 122 Å². The average Bonchev–Trinajstić information content (AvgIpc) is 2.96. The van der Waals surface area contributed by atoms with E-state index in [-0.39, 0.29) is 5.69 Å². The quantitative estimate of drug-likeness (QED) is 0.620. The summed E-state index contributed by atoms with van der Waals surface area (Å²) in [5.74, 6) is 0. The molecule has 7 nitrogen and oxygen atoms in total. The largest absolute Gasteiger partial charge is 0.465 e. The molecule has 0 saturated carbocycles. The van der Waals surface area contributed by atoms with Gasteiger partial charge in [-0.1, -0.05) is 12.1 Å². The Balaban J connectivity index is 2.08. The van der Waals surface area contributed by atoms with Gasteiger partial charge in [0.15, 0.2) is 0 Å². The van der Waals surface area contributed by atoms with Crippen molar-refractivity contribution in [2.75, 3.05) is 19.6 Å². The molecule has 1 heterocycles. The average molecular weight is 293 g/mol. The minimum atomic E-state index is -1.12. The smallest absolute Gasteiger partial charge is 0.405 e. The van der Waals surface area contributed by atoms with Crippen LogP contribution in [0, 0.1) is 10.1 Å². The summed E-state index contributed by atoms with van der Waals surface area (Å²) in [5.41, 5.74) is 0.608. The SMILES string of the molecule is O=C(O)NC(CCN1CCCC1)c1cccc([N+](=O)[O-])c1. The van der Waals surface area contributed by atoms with Gasteiger partial charge in [-0.15, -0.1) is 0 Å². The summed E-state index contributed by atoms with van der Waals surface area (Å²) in [6.45, 7) is 2.86. The first-order valence-corrected chi connectivity index (χ1v) is 7.02. The van der Waals surface area contributed by atoms with Crippen LogP contribution < -0.4 is 5.32 Å². The van der Waals surface area contributed by atoms with Gasteiger partial charge in [0.2, 0.25) is 0 Å². The van der Waals surface area contributed by atoms with Crippen molar-refractivity contribution in [2.24, 2.45) is 0 Å². The highest BCUT2D eigenvalue weighted by atomic mass is 16.6. The summed E-state index contributed by atoms with van der Waals surface area (Å²) in [4.78, 5) is 23.6. The monoisotopic (exact) mass is 293 g/mol. The van der Waals surface area contributed by atoms with Crippen molar-refractivity contribution in [3.63, 3.8) is 0 Å². The van der Waals surface area contributed by atoms with Crippen molar-refractivity contribution in [1.29, 1.82) is 0 Å². The molecule has 1 unspecified atom stereocenters. The molecule has 2 N–H and O–H groups in total. The molecule has 114 valence electrons. The number of carbonyl (C=O) groups is 1. The van der Waals surface area contributed by atoms with Gasteiger partial charge in [0.25, 0.3) is 5.69 Å². The highest BCUT2D eigenvalue weighted by Gasteiger charge is 2.19. The van der Waals surface area contributed by atoms with Gasteiger partial charge in [0.1, 0.15) is 0 Å². The van der Waals surface area contributed by atoms with Gasteiger partial charge >= 0.3 is 6.09 Å². The van der Waals surface area contributed by atoms with Gasteiger partial charge in [-0.05, 0) is 37.9 Å². The molecule has 1 atom stereocenters. The number of hydrogen-bond acceptors (Lipinski definition) is 4. The van der Waals surface area contributed by atoms with Gasteiger partial charge in [-0.2, -0.15) is 0 Å². The molecule has 0 aliphatic carbocycles. The number of nitro groups is 1. The van der Waals surface area contributed by atoms with Crippen LogP contribution in [0.4, 0.5) is 10.5 Å². The van der Waals surface area contributed by atoms with Crippen LogP contribution in [-0.2, 0) is 0 Å². The summed E-state index contributed by atoms with van der Waals surface area (Å²) in [7, 11) is 0. The lowest BCUT2D eigenvalue weighted by atomic mass is 10.0. The van der Waals surface area contributed by atoms with Gasteiger partial charge in [-0.3, -0.25) is 10.1 Å². The normalized spacial score (nSPS) is 16.6. The van der Waals surface area contributed by atoms with Crippen molar-refractivity contribution in [3.8, 4) is 0 Å². The predicted molar refractivity (Wildman–Crippen MR) is 77.3 cm³/mol. The van der Waals surface area contributed by atoms with E-state index in [4.69, 9.17) is 5.11 Å². The predicted octanol–water partition coefficient (Wildman–Crippen LogP) is 2.39. The van der Waals surface area contributed by atoms with E-state index in [2.05, 4.69) is 10.2 Å². The molecule has 1 aromatic rings. The number of amides is 1. The minimum absolute atomic E-state index is 0.0224. The third-order valence-electron chi connectivity index (χ3n) is 3.71. The number of hydrogen-bond donors (Lipinski definition) is 2. The number of nitrogens with zero attached hydrogens (tertiary/aromatic N) is 2. The second kappa shape index (κ2) is 7.03. The molecule has 0 spiro atoms. The third kappa shape index (κ3) is 4.42. The fourth-order valence-electron chi connectivity index (χ4n) is 2.64. The lowest BCUT2D eigenvalue weighted by molar-refractivity contribution is -0.384. The molecule has 7 heteroatoms. The summed E-state index contributed by atoms with van der Waals surface area (Å²) in [6.07, 6.45) is 1.84. The zero-order valence-corrected chi connectivity index (χ0v) is 11.7. The first-order valence-electron chi connectivity index (χ1n) is 7.02. The molecule has 0 aromatic heterocycles. The highest BCUT2D eigenvalue weighted by Crippen LogP contribution is 2.22. The molecule has 0 bridgehead atoms. The second-order valence-electron chi connectivity index (χ2n) is 5.19. The Morgan fingerprint density at radius 3 is 2.76 bits per heavy atom. The Morgan fingerprint density at radius 1 is 1.43 bits per heavy atom. The summed E-state index contributed by atoms with van der Waals surface area (Å²) in [6, 6.07) is 5.71. The summed E-state index contributed by atoms with van der Waals surface area (Å²) >= 11 is 0. The van der Waals surface area contributed by atoms with Crippen molar-refractivity contribution < 1.29 is 14.8 Å². The molecule has 21 heavy (non-hydrogen) atoms. The van der Waals surface area contributed by atoms with Crippen LogP contribution in [0.15, 0.2) is 24.3 Å². The van der Waals surface area contributed by atoms with Crippen molar-refractivity contribution in [2.45, 2.75) is 25.3 Å². The minimum Gasteiger partial charge on any atom is -0.465 e. The van der Waals surface area contributed by atoms with E-state index in [1.807, 2.05) is 0 Å². The Hall–Kier alpha value is -2.15. The molecular formula is C14H19N3O4. The molecular weight excluding hydrogens is 274 g/mol. The van der Waals surface area contributed by atoms with Crippen LogP contribution in [0.3, 0.4) is 0 Å². The van der Waals surface area contributed by atoms with Gasteiger partial charge in [0, 0.05) is 18.7 Å². The van der Waals surface area contributed by atoms with Crippen molar-refractivity contribution >= 4 is 11.8 Å². The number of rotatable bonds is 6. The zero-order valence-electron chi connectivity index (χ0n) is 11.7. The molecule has 1 saturated heterocycles. The molecule has 1 fully saturated rings. The van der Waals surface area contributed by atoms with Gasteiger partial charge < -0.3 is 15.3 Å². The molecule has 1 amide bonds. The standard InChI is InChI=1S/C14H19N3O4/c18-14(19)15-13(6-9-16-7-1-2-8-16)11-4-3-5-12(10-11)17(20)21/h3-5,10,13,15H,1-2,6-9H2,(H,18,19). The van der Waals surface area contributed by atoms with Crippen molar-refractivity contribution in [3.05, 3.63) is 39.9 Å². The first-order chi connectivity index (χ1) is 10.1. The van der Waals surface area contributed by atoms with E-state index in [1.165, 1.54) is 25.0 Å².